The predicted octanol–water partition coefficient (Wildman–Crippen LogP) is 2.20. The van der Waals surface area contributed by atoms with E-state index in [1.807, 2.05) is 20.8 Å². The van der Waals surface area contributed by atoms with Crippen molar-refractivity contribution in [2.24, 2.45) is 0 Å². The van der Waals surface area contributed by atoms with E-state index >= 15 is 0 Å². The van der Waals surface area contributed by atoms with E-state index in [4.69, 9.17) is 15.2 Å². The smallest absolute Gasteiger partial charge is 0.407 e. The predicted molar refractivity (Wildman–Crippen MR) is 103 cm³/mol. The molecule has 1 fully saturated rings. The highest BCUT2D eigenvalue weighted by Crippen LogP contribution is 2.35. The second-order valence-electron chi connectivity index (χ2n) is 7.95. The zero-order chi connectivity index (χ0) is 19.6. The van der Waals surface area contributed by atoms with Crippen LogP contribution in [0, 0.1) is 0 Å². The molecule has 148 valence electrons. The van der Waals surface area contributed by atoms with Crippen molar-refractivity contribution in [2.75, 3.05) is 37.3 Å². The van der Waals surface area contributed by atoms with Crippen LogP contribution in [-0.2, 0) is 4.74 Å². The Bertz CT molecular complexity index is 729. The van der Waals surface area contributed by atoms with Crippen LogP contribution in [-0.4, -0.2) is 54.8 Å². The van der Waals surface area contributed by atoms with Crippen molar-refractivity contribution in [1.82, 2.24) is 10.2 Å². The van der Waals surface area contributed by atoms with Gasteiger partial charge < -0.3 is 30.7 Å². The van der Waals surface area contributed by atoms with Crippen molar-refractivity contribution in [3.8, 4) is 5.75 Å². The van der Waals surface area contributed by atoms with Crippen LogP contribution in [0.4, 0.5) is 16.2 Å². The highest BCUT2D eigenvalue weighted by Gasteiger charge is 2.28. The number of piperidine rings is 1. The molecule has 0 bridgehead atoms. The molecule has 4 N–H and O–H groups in total. The monoisotopic (exact) mass is 376 g/mol. The van der Waals surface area contributed by atoms with Gasteiger partial charge in [-0.15, -0.1) is 0 Å². The fourth-order valence-corrected chi connectivity index (χ4v) is 3.34. The van der Waals surface area contributed by atoms with Crippen molar-refractivity contribution >= 4 is 23.4 Å². The molecule has 0 aromatic heterocycles. The van der Waals surface area contributed by atoms with Crippen LogP contribution in [0.15, 0.2) is 12.1 Å². The minimum atomic E-state index is -0.553. The lowest BCUT2D eigenvalue weighted by Crippen LogP contribution is -2.50. The van der Waals surface area contributed by atoms with Crippen LogP contribution in [0.5, 0.6) is 5.75 Å². The molecule has 27 heavy (non-hydrogen) atoms. The Morgan fingerprint density at radius 2 is 2.15 bits per heavy atom. The molecule has 0 radical (unpaired) electrons. The van der Waals surface area contributed by atoms with Gasteiger partial charge in [0.15, 0.2) is 0 Å². The van der Waals surface area contributed by atoms with Crippen molar-refractivity contribution in [2.45, 2.75) is 45.3 Å². The maximum absolute atomic E-state index is 12.9. The van der Waals surface area contributed by atoms with Gasteiger partial charge in [0.1, 0.15) is 23.6 Å². The molecule has 1 aromatic rings. The van der Waals surface area contributed by atoms with Gasteiger partial charge >= 0.3 is 6.09 Å². The van der Waals surface area contributed by atoms with Crippen molar-refractivity contribution < 1.29 is 19.1 Å². The number of carbonyl (C=O) groups excluding carboxylic acids is 2. The first-order valence-corrected chi connectivity index (χ1v) is 9.32. The maximum atomic E-state index is 12.9. The number of alkyl carbamates (subject to hydrolysis) is 1. The average molecular weight is 376 g/mol. The summed E-state index contributed by atoms with van der Waals surface area (Å²) in [5.74, 6) is 0.486. The van der Waals surface area contributed by atoms with Gasteiger partial charge in [0, 0.05) is 31.2 Å². The molecular formula is C19H28N4O4. The molecule has 0 spiro atoms. The largest absolute Gasteiger partial charge is 0.489 e. The number of fused-ring (bicyclic) bond motifs is 1. The van der Waals surface area contributed by atoms with Crippen molar-refractivity contribution in [3.63, 3.8) is 0 Å². The first-order valence-electron chi connectivity index (χ1n) is 9.32. The molecule has 3 rings (SSSR count). The number of benzene rings is 1. The lowest BCUT2D eigenvalue weighted by atomic mass is 10.0. The topological polar surface area (TPSA) is 106 Å². The zero-order valence-corrected chi connectivity index (χ0v) is 16.1. The number of rotatable bonds is 2. The molecule has 8 heteroatoms. The number of nitrogens with zero attached hydrogens (tertiary/aromatic N) is 1. The summed E-state index contributed by atoms with van der Waals surface area (Å²) in [6, 6.07) is 3.27. The lowest BCUT2D eigenvalue weighted by molar-refractivity contribution is 0.0452. The number of hydrogen-bond acceptors (Lipinski definition) is 6. The van der Waals surface area contributed by atoms with Crippen molar-refractivity contribution in [1.29, 1.82) is 0 Å². The number of nitrogens with one attached hydrogen (secondary N) is 2. The van der Waals surface area contributed by atoms with E-state index in [-0.39, 0.29) is 11.9 Å². The molecule has 0 unspecified atom stereocenters. The Morgan fingerprint density at radius 1 is 1.37 bits per heavy atom. The van der Waals surface area contributed by atoms with E-state index in [0.29, 0.717) is 43.2 Å². The molecular weight excluding hydrogens is 348 g/mol. The minimum Gasteiger partial charge on any atom is -0.489 e. The number of hydrogen-bond donors (Lipinski definition) is 3. The fraction of sp³-hybridized carbons (Fsp3) is 0.579. The van der Waals surface area contributed by atoms with Gasteiger partial charge in [0.2, 0.25) is 0 Å². The van der Waals surface area contributed by atoms with Gasteiger partial charge in [-0.2, -0.15) is 0 Å². The normalized spacial score (nSPS) is 19.4. The number of amides is 2. The van der Waals surface area contributed by atoms with E-state index in [1.165, 1.54) is 0 Å². The Kier molecular flexibility index (Phi) is 5.34. The van der Waals surface area contributed by atoms with Crippen LogP contribution >= 0.6 is 0 Å². The SMILES string of the molecule is CC(C)(C)OC(=O)N[C@@H]1CCCN(C(=O)c2cc(N)c3c(c2)OCCN3)C1. The summed E-state index contributed by atoms with van der Waals surface area (Å²) >= 11 is 0. The zero-order valence-electron chi connectivity index (χ0n) is 16.1. The van der Waals surface area contributed by atoms with E-state index in [9.17, 15) is 9.59 Å². The molecule has 1 aromatic carbocycles. The third-order valence-electron chi connectivity index (χ3n) is 4.47. The Hall–Kier alpha value is -2.64. The summed E-state index contributed by atoms with van der Waals surface area (Å²) < 4.78 is 10.9. The number of carbonyl (C=O) groups is 2. The minimum absolute atomic E-state index is 0.116. The standard InChI is InChI=1S/C19H28N4O4/c1-19(2,3)27-18(25)22-13-5-4-7-23(11-13)17(24)12-9-14(20)16-15(10-12)26-8-6-21-16/h9-10,13,21H,4-8,11,20H2,1-3H3,(H,22,25)/t13-/m1/s1. The lowest BCUT2D eigenvalue weighted by Gasteiger charge is -2.34. The van der Waals surface area contributed by atoms with Gasteiger partial charge in [-0.1, -0.05) is 0 Å². The third-order valence-corrected chi connectivity index (χ3v) is 4.47. The summed E-state index contributed by atoms with van der Waals surface area (Å²) in [5, 5.41) is 6.05. The Balaban J connectivity index is 1.66. The average Bonchev–Trinajstić information content (AvgIpc) is 2.59. The first kappa shape index (κ1) is 19.1. The van der Waals surface area contributed by atoms with Crippen molar-refractivity contribution in [3.05, 3.63) is 17.7 Å². The molecule has 2 aliphatic heterocycles. The molecule has 0 aliphatic carbocycles. The maximum Gasteiger partial charge on any atom is 0.407 e. The number of anilines is 2. The summed E-state index contributed by atoms with van der Waals surface area (Å²) in [7, 11) is 0. The Morgan fingerprint density at radius 3 is 2.89 bits per heavy atom. The number of likely N-dealkylation sites (tertiary alicyclic amines) is 1. The molecule has 1 saturated heterocycles. The quantitative estimate of drug-likeness (QED) is 0.684. The van der Waals surface area contributed by atoms with Crippen LogP contribution in [0.3, 0.4) is 0 Å². The molecule has 1 atom stereocenters. The summed E-state index contributed by atoms with van der Waals surface area (Å²) in [6.45, 7) is 7.77. The Labute approximate surface area is 159 Å². The second kappa shape index (κ2) is 7.54. The second-order valence-corrected chi connectivity index (χ2v) is 7.95. The fourth-order valence-electron chi connectivity index (χ4n) is 3.34. The highest BCUT2D eigenvalue weighted by atomic mass is 16.6. The summed E-state index contributed by atoms with van der Waals surface area (Å²) in [5.41, 5.74) is 7.25. The van der Waals surface area contributed by atoms with Gasteiger partial charge in [-0.05, 0) is 45.7 Å². The van der Waals surface area contributed by atoms with Crippen LogP contribution < -0.4 is 21.1 Å². The number of ether oxygens (including phenoxy) is 2. The molecule has 2 heterocycles. The van der Waals surface area contributed by atoms with Gasteiger partial charge in [0.25, 0.3) is 5.91 Å². The van der Waals surface area contributed by atoms with E-state index in [2.05, 4.69) is 10.6 Å². The van der Waals surface area contributed by atoms with E-state index in [1.54, 1.807) is 17.0 Å². The number of nitrogens with two attached hydrogens (primary N) is 1. The molecule has 0 saturated carbocycles. The molecule has 2 amide bonds. The highest BCUT2D eigenvalue weighted by molar-refractivity contribution is 5.97. The molecule has 8 nitrogen and oxygen atoms in total. The first-order chi connectivity index (χ1) is 12.7. The van der Waals surface area contributed by atoms with Gasteiger partial charge in [-0.25, -0.2) is 4.79 Å². The van der Waals surface area contributed by atoms with Crippen LogP contribution in [0.1, 0.15) is 44.0 Å². The van der Waals surface area contributed by atoms with Gasteiger partial charge in [0.05, 0.1) is 5.69 Å². The van der Waals surface area contributed by atoms with E-state index < -0.39 is 11.7 Å². The van der Waals surface area contributed by atoms with E-state index in [0.717, 1.165) is 18.5 Å². The number of nitrogen functional groups attached to an aromatic ring is 1. The van der Waals surface area contributed by atoms with Crippen LogP contribution in [0.2, 0.25) is 0 Å². The molecule has 2 aliphatic rings. The summed E-state index contributed by atoms with van der Waals surface area (Å²) in [6.07, 6.45) is 1.16. The van der Waals surface area contributed by atoms with Crippen LogP contribution in [0.25, 0.3) is 0 Å². The van der Waals surface area contributed by atoms with Gasteiger partial charge in [-0.3, -0.25) is 4.79 Å². The summed E-state index contributed by atoms with van der Waals surface area (Å²) in [4.78, 5) is 26.7. The third kappa shape index (κ3) is 4.75.